The van der Waals surface area contributed by atoms with Gasteiger partial charge in [0.25, 0.3) is 5.91 Å². The molecule has 0 bridgehead atoms. The third-order valence-electron chi connectivity index (χ3n) is 5.59. The lowest BCUT2D eigenvalue weighted by Crippen LogP contribution is -2.35. The van der Waals surface area contributed by atoms with E-state index >= 15 is 0 Å². The molecule has 29 heavy (non-hydrogen) atoms. The first-order valence-corrected chi connectivity index (χ1v) is 10.3. The Hall–Kier alpha value is -2.92. The number of aryl methyl sites for hydroxylation is 1. The molecule has 1 fully saturated rings. The largest absolute Gasteiger partial charge is 0.340 e. The first-order chi connectivity index (χ1) is 14.1. The van der Waals surface area contributed by atoms with Gasteiger partial charge in [0.15, 0.2) is 0 Å². The highest BCUT2D eigenvalue weighted by atomic mass is 16.2. The van der Waals surface area contributed by atoms with Crippen molar-refractivity contribution in [2.75, 3.05) is 33.2 Å². The Labute approximate surface area is 172 Å². The summed E-state index contributed by atoms with van der Waals surface area (Å²) in [5.41, 5.74) is 4.47. The fourth-order valence-electron chi connectivity index (χ4n) is 3.77. The van der Waals surface area contributed by atoms with Crippen LogP contribution < -0.4 is 0 Å². The zero-order valence-electron chi connectivity index (χ0n) is 17.2. The number of hydrogen-bond acceptors (Lipinski definition) is 3. The highest BCUT2D eigenvalue weighted by Crippen LogP contribution is 2.25. The highest BCUT2D eigenvalue weighted by molar-refractivity contribution is 5.99. The Morgan fingerprint density at radius 3 is 2.41 bits per heavy atom. The molecule has 0 N–H and O–H groups in total. The maximum atomic E-state index is 13.3. The highest BCUT2D eigenvalue weighted by Gasteiger charge is 2.22. The summed E-state index contributed by atoms with van der Waals surface area (Å²) in [5, 5.41) is 4.78. The van der Waals surface area contributed by atoms with E-state index in [1.165, 1.54) is 18.4 Å². The van der Waals surface area contributed by atoms with Crippen LogP contribution in [-0.4, -0.2) is 58.7 Å². The van der Waals surface area contributed by atoms with Crippen LogP contribution in [-0.2, 0) is 0 Å². The molecule has 3 aromatic rings. The Kier molecular flexibility index (Phi) is 5.76. The fraction of sp³-hybridized carbons (Fsp3) is 0.333. The summed E-state index contributed by atoms with van der Waals surface area (Å²) in [6.07, 6.45) is 4.39. The van der Waals surface area contributed by atoms with E-state index in [2.05, 4.69) is 24.0 Å². The number of likely N-dealkylation sites (tertiary alicyclic amines) is 1. The summed E-state index contributed by atoms with van der Waals surface area (Å²) in [4.78, 5) is 17.5. The SMILES string of the molecule is Cc1ccc(-n2cc(C(=O)N(C)CCN3CCCC3)c(-c3ccccc3)n2)cc1. The predicted octanol–water partition coefficient (Wildman–Crippen LogP) is 4.02. The van der Waals surface area contributed by atoms with E-state index in [0.29, 0.717) is 5.56 Å². The van der Waals surface area contributed by atoms with Gasteiger partial charge in [0, 0.05) is 31.9 Å². The van der Waals surface area contributed by atoms with E-state index in [1.807, 2.05) is 65.3 Å². The average Bonchev–Trinajstić information content (AvgIpc) is 3.43. The number of rotatable bonds is 6. The maximum Gasteiger partial charge on any atom is 0.257 e. The second-order valence-corrected chi connectivity index (χ2v) is 7.81. The van der Waals surface area contributed by atoms with E-state index < -0.39 is 0 Å². The molecule has 1 aliphatic heterocycles. The van der Waals surface area contributed by atoms with Gasteiger partial charge in [-0.15, -0.1) is 0 Å². The number of benzene rings is 2. The van der Waals surface area contributed by atoms with Crippen molar-refractivity contribution in [3.63, 3.8) is 0 Å². The minimum Gasteiger partial charge on any atom is -0.340 e. The Morgan fingerprint density at radius 2 is 1.72 bits per heavy atom. The molecule has 0 atom stereocenters. The second kappa shape index (κ2) is 8.62. The Morgan fingerprint density at radius 1 is 1.03 bits per heavy atom. The molecule has 0 unspecified atom stereocenters. The lowest BCUT2D eigenvalue weighted by Gasteiger charge is -2.21. The molecule has 2 aromatic carbocycles. The minimum atomic E-state index is 0.0152. The molecule has 5 heteroatoms. The number of carbonyl (C=O) groups is 1. The van der Waals surface area contributed by atoms with Gasteiger partial charge in [-0.25, -0.2) is 4.68 Å². The summed E-state index contributed by atoms with van der Waals surface area (Å²) in [6.45, 7) is 6.00. The van der Waals surface area contributed by atoms with Crippen molar-refractivity contribution >= 4 is 5.91 Å². The standard InChI is InChI=1S/C24H28N4O/c1-19-10-12-21(13-11-19)28-18-22(23(25-28)20-8-4-3-5-9-20)24(29)26(2)16-17-27-14-6-7-15-27/h3-5,8-13,18H,6-7,14-17H2,1-2H3. The Bertz CT molecular complexity index is 956. The molecule has 5 nitrogen and oxygen atoms in total. The molecular formula is C24H28N4O. The zero-order valence-corrected chi connectivity index (χ0v) is 17.2. The summed E-state index contributed by atoms with van der Waals surface area (Å²) >= 11 is 0. The van der Waals surface area contributed by atoms with Crippen molar-refractivity contribution in [1.29, 1.82) is 0 Å². The van der Waals surface area contributed by atoms with Gasteiger partial charge in [-0.1, -0.05) is 48.0 Å². The van der Waals surface area contributed by atoms with Crippen LogP contribution in [0.4, 0.5) is 0 Å². The molecule has 2 heterocycles. The van der Waals surface area contributed by atoms with Crippen LogP contribution in [0.15, 0.2) is 60.8 Å². The van der Waals surface area contributed by atoms with Gasteiger partial charge in [-0.2, -0.15) is 5.10 Å². The summed E-state index contributed by atoms with van der Waals surface area (Å²) in [5.74, 6) is 0.0152. The normalized spacial score (nSPS) is 14.3. The molecule has 1 saturated heterocycles. The molecule has 0 radical (unpaired) electrons. The van der Waals surface area contributed by atoms with Gasteiger partial charge >= 0.3 is 0 Å². The van der Waals surface area contributed by atoms with E-state index in [-0.39, 0.29) is 5.91 Å². The first kappa shape index (κ1) is 19.4. The minimum absolute atomic E-state index is 0.0152. The van der Waals surface area contributed by atoms with Crippen molar-refractivity contribution in [3.05, 3.63) is 71.9 Å². The van der Waals surface area contributed by atoms with Crippen LogP contribution in [0.3, 0.4) is 0 Å². The third kappa shape index (κ3) is 4.40. The maximum absolute atomic E-state index is 13.3. The molecule has 1 amide bonds. The monoisotopic (exact) mass is 388 g/mol. The van der Waals surface area contributed by atoms with Crippen LogP contribution in [0.25, 0.3) is 16.9 Å². The molecule has 1 aliphatic rings. The summed E-state index contributed by atoms with van der Waals surface area (Å²) in [7, 11) is 1.89. The number of amides is 1. The van der Waals surface area contributed by atoms with Crippen molar-refractivity contribution < 1.29 is 4.79 Å². The van der Waals surface area contributed by atoms with Gasteiger partial charge in [0.05, 0.1) is 11.3 Å². The van der Waals surface area contributed by atoms with E-state index in [9.17, 15) is 4.79 Å². The quantitative estimate of drug-likeness (QED) is 0.641. The number of hydrogen-bond donors (Lipinski definition) is 0. The summed E-state index contributed by atoms with van der Waals surface area (Å²) in [6, 6.07) is 18.1. The smallest absolute Gasteiger partial charge is 0.257 e. The molecule has 0 aliphatic carbocycles. The molecule has 150 valence electrons. The predicted molar refractivity (Wildman–Crippen MR) is 116 cm³/mol. The molecule has 1 aromatic heterocycles. The Balaban J connectivity index is 1.63. The number of nitrogens with zero attached hydrogens (tertiary/aromatic N) is 4. The average molecular weight is 389 g/mol. The first-order valence-electron chi connectivity index (χ1n) is 10.3. The fourth-order valence-corrected chi connectivity index (χ4v) is 3.77. The van der Waals surface area contributed by atoms with Crippen LogP contribution >= 0.6 is 0 Å². The number of aromatic nitrogens is 2. The zero-order chi connectivity index (χ0) is 20.2. The van der Waals surface area contributed by atoms with Crippen LogP contribution in [0.5, 0.6) is 0 Å². The third-order valence-corrected chi connectivity index (χ3v) is 5.59. The van der Waals surface area contributed by atoms with Crippen LogP contribution in [0, 0.1) is 6.92 Å². The van der Waals surface area contributed by atoms with Gasteiger partial charge in [-0.3, -0.25) is 4.79 Å². The molecule has 0 saturated carbocycles. The molecule has 0 spiro atoms. The number of likely N-dealkylation sites (N-methyl/N-ethyl adjacent to an activating group) is 1. The molecule has 4 rings (SSSR count). The van der Waals surface area contributed by atoms with Crippen molar-refractivity contribution in [2.24, 2.45) is 0 Å². The van der Waals surface area contributed by atoms with E-state index in [4.69, 9.17) is 5.10 Å². The van der Waals surface area contributed by atoms with E-state index in [0.717, 1.165) is 43.1 Å². The number of carbonyl (C=O) groups excluding carboxylic acids is 1. The van der Waals surface area contributed by atoms with Gasteiger partial charge < -0.3 is 9.80 Å². The summed E-state index contributed by atoms with van der Waals surface area (Å²) < 4.78 is 1.81. The van der Waals surface area contributed by atoms with Crippen LogP contribution in [0.1, 0.15) is 28.8 Å². The van der Waals surface area contributed by atoms with Crippen molar-refractivity contribution in [2.45, 2.75) is 19.8 Å². The van der Waals surface area contributed by atoms with Gasteiger partial charge in [0.2, 0.25) is 0 Å². The lowest BCUT2D eigenvalue weighted by atomic mass is 10.1. The lowest BCUT2D eigenvalue weighted by molar-refractivity contribution is 0.0783. The van der Waals surface area contributed by atoms with Crippen LogP contribution in [0.2, 0.25) is 0 Å². The molecular weight excluding hydrogens is 360 g/mol. The topological polar surface area (TPSA) is 41.4 Å². The second-order valence-electron chi connectivity index (χ2n) is 7.81. The van der Waals surface area contributed by atoms with Gasteiger partial charge in [-0.05, 0) is 45.0 Å². The van der Waals surface area contributed by atoms with Crippen molar-refractivity contribution in [1.82, 2.24) is 19.6 Å². The van der Waals surface area contributed by atoms with Crippen molar-refractivity contribution in [3.8, 4) is 16.9 Å². The van der Waals surface area contributed by atoms with Gasteiger partial charge in [0.1, 0.15) is 5.69 Å². The van der Waals surface area contributed by atoms with E-state index in [1.54, 1.807) is 0 Å².